The Morgan fingerprint density at radius 3 is 2.19 bits per heavy atom. The zero-order valence-corrected chi connectivity index (χ0v) is 39.9. The van der Waals surface area contributed by atoms with Crippen molar-refractivity contribution in [1.82, 2.24) is 4.90 Å². The molecule has 1 amide bonds. The zero-order chi connectivity index (χ0) is 47.0. The number of allylic oxidation sites excluding steroid dienone is 2. The number of methoxy groups -OCH3 is 5. The molecule has 0 aromatic rings. The molecule has 0 aliphatic carbocycles. The summed E-state index contributed by atoms with van der Waals surface area (Å²) >= 11 is 0. The lowest BCUT2D eigenvalue weighted by Gasteiger charge is -2.40. The van der Waals surface area contributed by atoms with Crippen LogP contribution in [0, 0.1) is 29.6 Å². The van der Waals surface area contributed by atoms with Gasteiger partial charge in [-0.1, -0.05) is 70.6 Å². The number of ether oxygens (including phenoxy) is 9. The molecule has 0 saturated carbocycles. The normalized spacial score (nSPS) is 34.0. The molecule has 3 aliphatic heterocycles. The number of hydrogen-bond donors (Lipinski definition) is 1. The molecule has 3 heterocycles. The molecule has 15 heteroatoms. The van der Waals surface area contributed by atoms with Crippen LogP contribution in [0.25, 0.3) is 0 Å². The van der Waals surface area contributed by atoms with Crippen LogP contribution >= 0.6 is 0 Å². The van der Waals surface area contributed by atoms with Crippen molar-refractivity contribution in [3.05, 3.63) is 48.2 Å². The van der Waals surface area contributed by atoms with Gasteiger partial charge in [-0.25, -0.2) is 4.79 Å². The number of aliphatic hydroxyl groups excluding tert-OH is 1. The van der Waals surface area contributed by atoms with Crippen LogP contribution < -0.4 is 0 Å². The lowest BCUT2D eigenvalue weighted by molar-refractivity contribution is -0.169. The molecule has 15 nitrogen and oxygen atoms in total. The van der Waals surface area contributed by atoms with Crippen LogP contribution in [0.1, 0.15) is 87.0 Å². The topological polar surface area (TPSA) is 178 Å². The minimum absolute atomic E-state index is 0.0215. The Bertz CT molecular complexity index is 1580. The highest BCUT2D eigenvalue weighted by molar-refractivity contribution is 5.82. The number of cyclic esters (lactones) is 1. The second-order valence-electron chi connectivity index (χ2n) is 17.8. The minimum Gasteiger partial charge on any atom is -0.462 e. The van der Waals surface area contributed by atoms with Gasteiger partial charge < -0.3 is 52.6 Å². The van der Waals surface area contributed by atoms with Crippen molar-refractivity contribution in [2.75, 3.05) is 49.2 Å². The van der Waals surface area contributed by atoms with Gasteiger partial charge in [0.1, 0.15) is 23.6 Å². The number of amides is 1. The average molecular weight is 892 g/mol. The predicted molar refractivity (Wildman–Crippen MR) is 236 cm³/mol. The molecule has 1 spiro atoms. The Morgan fingerprint density at radius 2 is 1.62 bits per heavy atom. The zero-order valence-electron chi connectivity index (χ0n) is 39.9. The number of fused-ring (bicyclic) bond motifs is 2. The first kappa shape index (κ1) is 54.1. The van der Waals surface area contributed by atoms with E-state index in [1.165, 1.54) is 17.9 Å². The van der Waals surface area contributed by atoms with Gasteiger partial charge in [0, 0.05) is 111 Å². The highest BCUT2D eigenvalue weighted by Gasteiger charge is 2.59. The van der Waals surface area contributed by atoms with E-state index >= 15 is 0 Å². The number of epoxide rings is 1. The lowest BCUT2D eigenvalue weighted by Crippen LogP contribution is -2.50. The van der Waals surface area contributed by atoms with Gasteiger partial charge in [0.05, 0.1) is 55.4 Å². The average Bonchev–Trinajstić information content (AvgIpc) is 4.07. The van der Waals surface area contributed by atoms with Crippen molar-refractivity contribution < 1.29 is 66.9 Å². The van der Waals surface area contributed by atoms with Gasteiger partial charge in [0.15, 0.2) is 0 Å². The van der Waals surface area contributed by atoms with Crippen molar-refractivity contribution in [2.24, 2.45) is 29.6 Å². The van der Waals surface area contributed by atoms with Crippen LogP contribution in [0.15, 0.2) is 48.2 Å². The number of rotatable bonds is 18. The number of ketones is 1. The van der Waals surface area contributed by atoms with E-state index < -0.39 is 84.1 Å². The second-order valence-corrected chi connectivity index (χ2v) is 17.8. The Kier molecular flexibility index (Phi) is 22.3. The fraction of sp³-hybridized carbons (Fsp3) is 0.750. The van der Waals surface area contributed by atoms with E-state index in [4.69, 9.17) is 42.6 Å². The van der Waals surface area contributed by atoms with Gasteiger partial charge in [-0.3, -0.25) is 14.4 Å². The molecule has 0 aromatic heterocycles. The van der Waals surface area contributed by atoms with Crippen LogP contribution in [-0.4, -0.2) is 150 Å². The molecular weight excluding hydrogens is 815 g/mol. The largest absolute Gasteiger partial charge is 0.462 e. The van der Waals surface area contributed by atoms with Gasteiger partial charge >= 0.3 is 11.9 Å². The molecule has 0 aromatic carbocycles. The third-order valence-electron chi connectivity index (χ3n) is 13.2. The Hall–Kier alpha value is -3.28. The Labute approximate surface area is 375 Å². The van der Waals surface area contributed by atoms with Crippen molar-refractivity contribution in [3.8, 4) is 0 Å². The first-order valence-electron chi connectivity index (χ1n) is 22.3. The molecule has 1 fully saturated rings. The van der Waals surface area contributed by atoms with E-state index in [-0.39, 0.29) is 36.2 Å². The van der Waals surface area contributed by atoms with Crippen LogP contribution in [0.3, 0.4) is 0 Å². The van der Waals surface area contributed by atoms with Crippen molar-refractivity contribution >= 4 is 24.1 Å². The summed E-state index contributed by atoms with van der Waals surface area (Å²) < 4.78 is 55.0. The Morgan fingerprint density at radius 1 is 0.968 bits per heavy atom. The smallest absolute Gasteiger partial charge is 0.331 e. The number of Topliss-reactive ketones (excluding diaryl/α,β-unsaturated/α-hetero) is 1. The monoisotopic (exact) mass is 892 g/mol. The van der Waals surface area contributed by atoms with Crippen LogP contribution in [0.2, 0.25) is 0 Å². The van der Waals surface area contributed by atoms with E-state index in [0.29, 0.717) is 50.7 Å². The van der Waals surface area contributed by atoms with Crippen LogP contribution in [0.4, 0.5) is 0 Å². The summed E-state index contributed by atoms with van der Waals surface area (Å²) in [4.78, 5) is 52.7. The summed E-state index contributed by atoms with van der Waals surface area (Å²) in [5.74, 6) is -3.19. The minimum atomic E-state index is -0.997. The maximum atomic E-state index is 13.8. The van der Waals surface area contributed by atoms with Gasteiger partial charge in [-0.15, -0.1) is 0 Å². The maximum Gasteiger partial charge on any atom is 0.331 e. The molecule has 358 valence electrons. The van der Waals surface area contributed by atoms with Crippen molar-refractivity contribution in [3.63, 3.8) is 0 Å². The number of carbonyl (C=O) groups excluding carboxylic acids is 4. The molecule has 3 aliphatic rings. The third-order valence-corrected chi connectivity index (χ3v) is 13.2. The quantitative estimate of drug-likeness (QED) is 0.0782. The number of nitrogens with zero attached hydrogens (tertiary/aromatic N) is 1. The number of carbonyl (C=O) groups is 4. The summed E-state index contributed by atoms with van der Waals surface area (Å²) in [6.45, 7) is 13.0. The van der Waals surface area contributed by atoms with E-state index in [2.05, 4.69) is 6.08 Å². The number of esters is 2. The first-order chi connectivity index (χ1) is 29.9. The third kappa shape index (κ3) is 15.4. The van der Waals surface area contributed by atoms with Gasteiger partial charge in [-0.2, -0.15) is 0 Å². The van der Waals surface area contributed by atoms with Crippen molar-refractivity contribution in [1.29, 1.82) is 0 Å². The van der Waals surface area contributed by atoms with Crippen LogP contribution in [0.5, 0.6) is 0 Å². The fourth-order valence-electron chi connectivity index (χ4n) is 9.31. The van der Waals surface area contributed by atoms with Gasteiger partial charge in [0.2, 0.25) is 6.41 Å². The molecule has 0 radical (unpaired) electrons. The van der Waals surface area contributed by atoms with E-state index in [9.17, 15) is 24.3 Å². The number of aliphatic hydroxyl groups is 1. The van der Waals surface area contributed by atoms with Crippen molar-refractivity contribution in [2.45, 2.75) is 154 Å². The SMILES string of the molecule is COC1CC2C=CCC(CC(OC)C3(CO3)C(OC)CC(OC)C(C)C(C(C)C(OC(C)=O)C(C)CCC(=O)C(C)C(OC)C(C)/C=C/N(C)C=O)OC(=O)/C=C/C(C)=C/C1O)O2. The highest BCUT2D eigenvalue weighted by Crippen LogP contribution is 2.44. The molecular formula is C48H77NO14. The predicted octanol–water partition coefficient (Wildman–Crippen LogP) is 5.57. The molecule has 3 rings (SSSR count). The highest BCUT2D eigenvalue weighted by atomic mass is 16.6. The summed E-state index contributed by atoms with van der Waals surface area (Å²) in [7, 11) is 9.61. The summed E-state index contributed by atoms with van der Waals surface area (Å²) in [6, 6.07) is 0. The first-order valence-corrected chi connectivity index (χ1v) is 22.3. The fourth-order valence-corrected chi connectivity index (χ4v) is 9.31. The molecule has 2 bridgehead atoms. The maximum absolute atomic E-state index is 13.8. The van der Waals surface area contributed by atoms with E-state index in [1.54, 1.807) is 67.9 Å². The van der Waals surface area contributed by atoms with Gasteiger partial charge in [0.25, 0.3) is 0 Å². The summed E-state index contributed by atoms with van der Waals surface area (Å²) in [5, 5.41) is 11.2. The van der Waals surface area contributed by atoms with E-state index in [1.807, 2.05) is 46.8 Å². The lowest BCUT2D eigenvalue weighted by atomic mass is 9.78. The molecule has 1 saturated heterocycles. The standard InChI is InChI=1S/C48H77NO14/c1-29-17-20-44(54)63-47(34(6)46(61-35(7)51)30(2)18-19-38(52)32(4)45(59-13)31(3)21-22-49(8)28-50)33(5)40(55-9)26-43(58-12)48(27-60-48)42(57-11)25-37-16-14-15-36(62-37)24-41(56-10)39(53)23-29/h14-15,17,20-23,28,30-34,36-37,39-43,45-47,53H,16,18-19,24-27H2,1-13H3/b20-17+,22-21+,29-23+. The van der Waals surface area contributed by atoms with E-state index in [0.717, 1.165) is 0 Å². The van der Waals surface area contributed by atoms with Crippen LogP contribution in [-0.2, 0) is 61.8 Å². The second kappa shape index (κ2) is 26.0. The molecule has 1 N–H and O–H groups in total. The van der Waals surface area contributed by atoms with Gasteiger partial charge in [-0.05, 0) is 25.7 Å². The number of hydrogen-bond acceptors (Lipinski definition) is 14. The molecule has 63 heavy (non-hydrogen) atoms. The molecule has 16 atom stereocenters. The molecule has 16 unspecified atom stereocenters. The Balaban J connectivity index is 2.00. The summed E-state index contributed by atoms with van der Waals surface area (Å²) in [5.41, 5.74) is -0.184. The summed E-state index contributed by atoms with van der Waals surface area (Å²) in [6.07, 6.45) is 9.72.